The van der Waals surface area contributed by atoms with Crippen LogP contribution in [0.1, 0.15) is 55.7 Å². The fourth-order valence-electron chi connectivity index (χ4n) is 3.41. The predicted octanol–water partition coefficient (Wildman–Crippen LogP) is 3.39. The number of hydrogen-bond donors (Lipinski definition) is 1. The van der Waals surface area contributed by atoms with E-state index >= 15 is 0 Å². The standard InChI is InChI=1S/C16H26N2O/c1-13-10-14(12-18-11-13)15(17-2)16(19-3)8-6-4-5-7-9-16/h10-12,15,17H,4-9H2,1-3H3. The van der Waals surface area contributed by atoms with Gasteiger partial charge in [-0.25, -0.2) is 0 Å². The lowest BCUT2D eigenvalue weighted by molar-refractivity contribution is -0.0523. The summed E-state index contributed by atoms with van der Waals surface area (Å²) in [6.07, 6.45) is 11.3. The van der Waals surface area contributed by atoms with Crippen LogP contribution in [0.15, 0.2) is 18.5 Å². The van der Waals surface area contributed by atoms with Crippen molar-refractivity contribution in [2.75, 3.05) is 14.2 Å². The fraction of sp³-hybridized carbons (Fsp3) is 0.688. The molecule has 1 saturated carbocycles. The third-order valence-corrected chi connectivity index (χ3v) is 4.40. The summed E-state index contributed by atoms with van der Waals surface area (Å²) in [6, 6.07) is 2.45. The van der Waals surface area contributed by atoms with Gasteiger partial charge in [-0.15, -0.1) is 0 Å². The minimum Gasteiger partial charge on any atom is -0.376 e. The van der Waals surface area contributed by atoms with Crippen molar-refractivity contribution in [2.24, 2.45) is 0 Å². The zero-order valence-corrected chi connectivity index (χ0v) is 12.4. The molecule has 0 aliphatic heterocycles. The number of hydrogen-bond acceptors (Lipinski definition) is 3. The first-order valence-corrected chi connectivity index (χ1v) is 7.36. The predicted molar refractivity (Wildman–Crippen MR) is 78.2 cm³/mol. The largest absolute Gasteiger partial charge is 0.376 e. The van der Waals surface area contributed by atoms with Crippen LogP contribution >= 0.6 is 0 Å². The summed E-state index contributed by atoms with van der Waals surface area (Å²) in [7, 11) is 3.89. The molecule has 1 aromatic rings. The van der Waals surface area contributed by atoms with Gasteiger partial charge in [0.2, 0.25) is 0 Å². The maximum absolute atomic E-state index is 6.02. The molecule has 3 nitrogen and oxygen atoms in total. The topological polar surface area (TPSA) is 34.2 Å². The van der Waals surface area contributed by atoms with Crippen LogP contribution < -0.4 is 5.32 Å². The first kappa shape index (κ1) is 14.5. The zero-order valence-electron chi connectivity index (χ0n) is 12.4. The monoisotopic (exact) mass is 262 g/mol. The second-order valence-electron chi connectivity index (χ2n) is 5.70. The van der Waals surface area contributed by atoms with Gasteiger partial charge in [-0.05, 0) is 37.9 Å². The fourth-order valence-corrected chi connectivity index (χ4v) is 3.41. The second kappa shape index (κ2) is 6.49. The Bertz CT molecular complexity index is 397. The molecule has 3 heteroatoms. The first-order chi connectivity index (χ1) is 9.22. The number of aryl methyl sites for hydroxylation is 1. The van der Waals surface area contributed by atoms with Gasteiger partial charge in [-0.3, -0.25) is 4.98 Å². The van der Waals surface area contributed by atoms with Crippen LogP contribution in [0.3, 0.4) is 0 Å². The van der Waals surface area contributed by atoms with Crippen LogP contribution in [0.4, 0.5) is 0 Å². The Kier molecular flexibility index (Phi) is 4.94. The van der Waals surface area contributed by atoms with Crippen LogP contribution in [-0.4, -0.2) is 24.7 Å². The maximum atomic E-state index is 6.02. The number of nitrogens with zero attached hydrogens (tertiary/aromatic N) is 1. The number of pyridine rings is 1. The number of likely N-dealkylation sites (N-methyl/N-ethyl adjacent to an activating group) is 1. The van der Waals surface area contributed by atoms with E-state index < -0.39 is 0 Å². The molecule has 0 amide bonds. The Labute approximate surface area is 116 Å². The van der Waals surface area contributed by atoms with Crippen molar-refractivity contribution in [1.82, 2.24) is 10.3 Å². The van der Waals surface area contributed by atoms with Gasteiger partial charge in [0, 0.05) is 19.5 Å². The van der Waals surface area contributed by atoms with Crippen molar-refractivity contribution in [2.45, 2.75) is 57.1 Å². The van der Waals surface area contributed by atoms with Crippen molar-refractivity contribution in [3.63, 3.8) is 0 Å². The van der Waals surface area contributed by atoms with Gasteiger partial charge in [0.05, 0.1) is 11.6 Å². The number of methoxy groups -OCH3 is 1. The van der Waals surface area contributed by atoms with Crippen LogP contribution in [-0.2, 0) is 4.74 Å². The normalized spacial score (nSPS) is 20.8. The minimum atomic E-state index is -0.0826. The highest BCUT2D eigenvalue weighted by Gasteiger charge is 2.39. The number of nitrogens with one attached hydrogen (secondary N) is 1. The van der Waals surface area contributed by atoms with E-state index in [9.17, 15) is 0 Å². The zero-order chi connectivity index (χ0) is 13.7. The molecule has 1 aromatic heterocycles. The van der Waals surface area contributed by atoms with Crippen molar-refractivity contribution in [3.8, 4) is 0 Å². The lowest BCUT2D eigenvalue weighted by atomic mass is 9.82. The van der Waals surface area contributed by atoms with E-state index in [2.05, 4.69) is 23.3 Å². The highest BCUT2D eigenvalue weighted by Crippen LogP contribution is 2.39. The van der Waals surface area contributed by atoms with E-state index in [4.69, 9.17) is 4.74 Å². The van der Waals surface area contributed by atoms with Crippen molar-refractivity contribution in [1.29, 1.82) is 0 Å². The molecule has 1 N–H and O–H groups in total. The molecule has 106 valence electrons. The molecule has 1 heterocycles. The van der Waals surface area contributed by atoms with Crippen LogP contribution in [0.5, 0.6) is 0 Å². The molecule has 1 unspecified atom stereocenters. The molecule has 1 atom stereocenters. The molecule has 0 radical (unpaired) electrons. The van der Waals surface area contributed by atoms with Crippen LogP contribution in [0.25, 0.3) is 0 Å². The molecule has 0 spiro atoms. The summed E-state index contributed by atoms with van der Waals surface area (Å²) in [4.78, 5) is 4.34. The molecule has 0 aromatic carbocycles. The van der Waals surface area contributed by atoms with Crippen molar-refractivity contribution < 1.29 is 4.74 Å². The summed E-state index contributed by atoms with van der Waals surface area (Å²) < 4.78 is 6.02. The summed E-state index contributed by atoms with van der Waals surface area (Å²) >= 11 is 0. The summed E-state index contributed by atoms with van der Waals surface area (Å²) in [6.45, 7) is 2.09. The molecule has 0 bridgehead atoms. The molecular weight excluding hydrogens is 236 g/mol. The molecule has 19 heavy (non-hydrogen) atoms. The van der Waals surface area contributed by atoms with E-state index in [-0.39, 0.29) is 11.6 Å². The van der Waals surface area contributed by atoms with Gasteiger partial charge >= 0.3 is 0 Å². The second-order valence-corrected chi connectivity index (χ2v) is 5.70. The third kappa shape index (κ3) is 3.15. The molecule has 1 aliphatic rings. The van der Waals surface area contributed by atoms with Crippen molar-refractivity contribution >= 4 is 0 Å². The average Bonchev–Trinajstić information content (AvgIpc) is 2.66. The molecule has 1 aliphatic carbocycles. The van der Waals surface area contributed by atoms with E-state index in [0.717, 1.165) is 12.8 Å². The summed E-state index contributed by atoms with van der Waals surface area (Å²) in [5, 5.41) is 3.47. The number of aromatic nitrogens is 1. The quantitative estimate of drug-likeness (QED) is 0.845. The third-order valence-electron chi connectivity index (χ3n) is 4.40. The Hall–Kier alpha value is -0.930. The van der Waals surface area contributed by atoms with Gasteiger partial charge in [0.1, 0.15) is 0 Å². The van der Waals surface area contributed by atoms with Crippen LogP contribution in [0, 0.1) is 6.92 Å². The van der Waals surface area contributed by atoms with E-state index in [1.54, 1.807) is 0 Å². The van der Waals surface area contributed by atoms with Gasteiger partial charge in [0.25, 0.3) is 0 Å². The lowest BCUT2D eigenvalue weighted by Crippen LogP contribution is -2.44. The Balaban J connectivity index is 2.32. The van der Waals surface area contributed by atoms with E-state index in [1.807, 2.05) is 26.6 Å². The molecule has 1 fully saturated rings. The van der Waals surface area contributed by atoms with Gasteiger partial charge in [0.15, 0.2) is 0 Å². The Morgan fingerprint density at radius 1 is 1.21 bits per heavy atom. The van der Waals surface area contributed by atoms with E-state index in [1.165, 1.54) is 36.8 Å². The van der Waals surface area contributed by atoms with Crippen molar-refractivity contribution in [3.05, 3.63) is 29.6 Å². The first-order valence-electron chi connectivity index (χ1n) is 7.36. The Morgan fingerprint density at radius 3 is 2.42 bits per heavy atom. The SMILES string of the molecule is CNC(c1cncc(C)c1)C1(OC)CCCCCC1. The Morgan fingerprint density at radius 2 is 1.89 bits per heavy atom. The van der Waals surface area contributed by atoms with Gasteiger partial charge < -0.3 is 10.1 Å². The minimum absolute atomic E-state index is 0.0826. The molecule has 2 rings (SSSR count). The molecular formula is C16H26N2O. The highest BCUT2D eigenvalue weighted by atomic mass is 16.5. The smallest absolute Gasteiger partial charge is 0.0873 e. The maximum Gasteiger partial charge on any atom is 0.0873 e. The average molecular weight is 262 g/mol. The number of ether oxygens (including phenoxy) is 1. The molecule has 0 saturated heterocycles. The summed E-state index contributed by atoms with van der Waals surface area (Å²) in [5.74, 6) is 0. The van der Waals surface area contributed by atoms with Crippen LogP contribution in [0.2, 0.25) is 0 Å². The number of rotatable bonds is 4. The highest BCUT2D eigenvalue weighted by molar-refractivity contribution is 5.23. The summed E-state index contributed by atoms with van der Waals surface area (Å²) in [5.41, 5.74) is 2.37. The van der Waals surface area contributed by atoms with Gasteiger partial charge in [-0.2, -0.15) is 0 Å². The lowest BCUT2D eigenvalue weighted by Gasteiger charge is -2.39. The van der Waals surface area contributed by atoms with E-state index in [0.29, 0.717) is 0 Å². The van der Waals surface area contributed by atoms with Gasteiger partial charge in [-0.1, -0.05) is 31.7 Å².